The van der Waals surface area contributed by atoms with Gasteiger partial charge in [-0.25, -0.2) is 4.79 Å². The molecule has 1 aromatic carbocycles. The Bertz CT molecular complexity index is 782. The lowest BCUT2D eigenvalue weighted by Crippen LogP contribution is -2.42. The summed E-state index contributed by atoms with van der Waals surface area (Å²) in [5.41, 5.74) is 6.28. The number of rotatable bonds is 5. The van der Waals surface area contributed by atoms with Crippen LogP contribution in [0.4, 0.5) is 16.2 Å². The summed E-state index contributed by atoms with van der Waals surface area (Å²) in [5, 5.41) is 9.97. The highest BCUT2D eigenvalue weighted by Gasteiger charge is 2.35. The fourth-order valence-corrected chi connectivity index (χ4v) is 3.73. The Balaban J connectivity index is 1.48. The van der Waals surface area contributed by atoms with Crippen molar-refractivity contribution in [2.24, 2.45) is 11.7 Å². The molecule has 4 N–H and O–H groups in total. The molecule has 0 saturated carbocycles. The third-order valence-corrected chi connectivity index (χ3v) is 5.12. The molecule has 9 nitrogen and oxygen atoms in total. The first-order valence-corrected chi connectivity index (χ1v) is 10.3. The number of ether oxygens (including phenoxy) is 2. The molecule has 3 rings (SSSR count). The minimum absolute atomic E-state index is 0.0646. The summed E-state index contributed by atoms with van der Waals surface area (Å²) in [4.78, 5) is 28.4. The van der Waals surface area contributed by atoms with E-state index < -0.39 is 5.60 Å². The van der Waals surface area contributed by atoms with Crippen molar-refractivity contribution < 1.29 is 19.1 Å². The fraction of sp³-hybridized carbons (Fsp3) is 0.571. The minimum atomic E-state index is -0.462. The van der Waals surface area contributed by atoms with Gasteiger partial charge in [0.1, 0.15) is 11.7 Å². The van der Waals surface area contributed by atoms with Gasteiger partial charge in [-0.15, -0.1) is 0 Å². The first kappa shape index (κ1) is 21.9. The molecule has 1 unspecified atom stereocenters. The van der Waals surface area contributed by atoms with Gasteiger partial charge in [0.25, 0.3) is 0 Å². The molecular formula is C21H31N5O4. The Morgan fingerprint density at radius 2 is 1.90 bits per heavy atom. The van der Waals surface area contributed by atoms with E-state index in [2.05, 4.69) is 10.2 Å². The average molecular weight is 418 g/mol. The minimum Gasteiger partial charge on any atom is -0.460 e. The van der Waals surface area contributed by atoms with Crippen LogP contribution in [-0.4, -0.2) is 60.8 Å². The zero-order chi connectivity index (χ0) is 21.9. The molecule has 2 aliphatic rings. The zero-order valence-corrected chi connectivity index (χ0v) is 17.8. The van der Waals surface area contributed by atoms with Gasteiger partial charge >= 0.3 is 12.1 Å². The SMILES string of the molecule is CC(C)(C)OC(=O)C1CCN(CC2CN(c3ccc(NC(=N)N)cc3)C(=O)O2)CC1. The predicted molar refractivity (Wildman–Crippen MR) is 115 cm³/mol. The first-order valence-electron chi connectivity index (χ1n) is 10.3. The van der Waals surface area contributed by atoms with Gasteiger partial charge < -0.3 is 20.5 Å². The Labute approximate surface area is 177 Å². The number of guanidine groups is 1. The lowest BCUT2D eigenvalue weighted by molar-refractivity contribution is -0.161. The number of hydrogen-bond acceptors (Lipinski definition) is 6. The summed E-state index contributed by atoms with van der Waals surface area (Å²) < 4.78 is 11.0. The number of carbonyl (C=O) groups is 2. The second-order valence-electron chi connectivity index (χ2n) is 8.81. The maximum absolute atomic E-state index is 12.3. The van der Waals surface area contributed by atoms with Crippen LogP contribution in [0.25, 0.3) is 0 Å². The molecular weight excluding hydrogens is 386 g/mol. The molecule has 0 aromatic heterocycles. The molecule has 0 aliphatic carbocycles. The van der Waals surface area contributed by atoms with E-state index in [0.717, 1.165) is 31.6 Å². The van der Waals surface area contributed by atoms with Crippen LogP contribution in [0.3, 0.4) is 0 Å². The highest BCUT2D eigenvalue weighted by molar-refractivity contribution is 5.92. The van der Waals surface area contributed by atoms with Crippen LogP contribution in [0.15, 0.2) is 24.3 Å². The van der Waals surface area contributed by atoms with Crippen LogP contribution in [-0.2, 0) is 14.3 Å². The number of nitrogens with one attached hydrogen (secondary N) is 2. The summed E-state index contributed by atoms with van der Waals surface area (Å²) in [7, 11) is 0. The quantitative estimate of drug-likeness (QED) is 0.382. The van der Waals surface area contributed by atoms with E-state index in [1.54, 1.807) is 29.2 Å². The molecule has 1 aromatic rings. The normalized spacial score (nSPS) is 20.7. The summed E-state index contributed by atoms with van der Waals surface area (Å²) >= 11 is 0. The number of amides is 1. The smallest absolute Gasteiger partial charge is 0.414 e. The lowest BCUT2D eigenvalue weighted by atomic mass is 9.96. The van der Waals surface area contributed by atoms with Crippen molar-refractivity contribution >= 4 is 29.4 Å². The molecule has 2 aliphatic heterocycles. The number of esters is 1. The van der Waals surface area contributed by atoms with E-state index in [-0.39, 0.29) is 30.0 Å². The topological polar surface area (TPSA) is 121 Å². The van der Waals surface area contributed by atoms with Crippen molar-refractivity contribution in [1.29, 1.82) is 5.41 Å². The van der Waals surface area contributed by atoms with Gasteiger partial charge in [0.05, 0.1) is 12.5 Å². The Kier molecular flexibility index (Phi) is 6.50. The maximum atomic E-state index is 12.3. The maximum Gasteiger partial charge on any atom is 0.414 e. The molecule has 0 radical (unpaired) electrons. The van der Waals surface area contributed by atoms with Crippen molar-refractivity contribution in [2.75, 3.05) is 36.4 Å². The monoisotopic (exact) mass is 417 g/mol. The highest BCUT2D eigenvalue weighted by Crippen LogP contribution is 2.26. The molecule has 9 heteroatoms. The second kappa shape index (κ2) is 8.91. The standard InChI is InChI=1S/C21H31N5O4/c1-21(2,3)30-18(27)14-8-10-25(11-9-14)12-17-13-26(20(28)29-17)16-6-4-15(5-7-16)24-19(22)23/h4-7,14,17H,8-13H2,1-3H3,(H4,22,23,24). The summed E-state index contributed by atoms with van der Waals surface area (Å²) in [6.45, 7) is 8.33. The summed E-state index contributed by atoms with van der Waals surface area (Å²) in [6.07, 6.45) is 0.926. The molecule has 1 atom stereocenters. The van der Waals surface area contributed by atoms with E-state index in [4.69, 9.17) is 20.6 Å². The first-order chi connectivity index (χ1) is 14.1. The Hall–Kier alpha value is -2.81. The number of piperidine rings is 1. The van der Waals surface area contributed by atoms with E-state index in [1.165, 1.54) is 0 Å². The number of benzene rings is 1. The van der Waals surface area contributed by atoms with Gasteiger partial charge in [0, 0.05) is 17.9 Å². The van der Waals surface area contributed by atoms with Crippen molar-refractivity contribution in [1.82, 2.24) is 4.90 Å². The fourth-order valence-electron chi connectivity index (χ4n) is 3.73. The van der Waals surface area contributed by atoms with Crippen molar-refractivity contribution in [3.8, 4) is 0 Å². The molecule has 2 saturated heterocycles. The van der Waals surface area contributed by atoms with Crippen LogP contribution in [0.5, 0.6) is 0 Å². The van der Waals surface area contributed by atoms with Gasteiger partial charge in [0.15, 0.2) is 5.96 Å². The number of nitrogens with zero attached hydrogens (tertiary/aromatic N) is 2. The third kappa shape index (κ3) is 5.85. The van der Waals surface area contributed by atoms with E-state index in [1.807, 2.05) is 20.8 Å². The van der Waals surface area contributed by atoms with Crippen LogP contribution < -0.4 is 16.0 Å². The zero-order valence-electron chi connectivity index (χ0n) is 17.8. The Morgan fingerprint density at radius 1 is 1.27 bits per heavy atom. The van der Waals surface area contributed by atoms with Crippen LogP contribution in [0.1, 0.15) is 33.6 Å². The van der Waals surface area contributed by atoms with Gasteiger partial charge in [0.2, 0.25) is 0 Å². The Morgan fingerprint density at radius 3 is 2.47 bits per heavy atom. The second-order valence-corrected chi connectivity index (χ2v) is 8.81. The largest absolute Gasteiger partial charge is 0.460 e. The number of anilines is 2. The number of carbonyl (C=O) groups excluding carboxylic acids is 2. The molecule has 30 heavy (non-hydrogen) atoms. The van der Waals surface area contributed by atoms with Crippen molar-refractivity contribution in [3.63, 3.8) is 0 Å². The lowest BCUT2D eigenvalue weighted by Gasteiger charge is -2.33. The van der Waals surface area contributed by atoms with Gasteiger partial charge in [-0.05, 0) is 71.0 Å². The van der Waals surface area contributed by atoms with E-state index in [0.29, 0.717) is 18.8 Å². The summed E-state index contributed by atoms with van der Waals surface area (Å²) in [5.74, 6) is -0.326. The third-order valence-electron chi connectivity index (χ3n) is 5.12. The van der Waals surface area contributed by atoms with Gasteiger partial charge in [-0.3, -0.25) is 20.0 Å². The van der Waals surface area contributed by atoms with Crippen molar-refractivity contribution in [2.45, 2.75) is 45.3 Å². The van der Waals surface area contributed by atoms with Gasteiger partial charge in [-0.1, -0.05) is 0 Å². The molecule has 2 heterocycles. The number of nitrogens with two attached hydrogens (primary N) is 1. The molecule has 1 amide bonds. The average Bonchev–Trinajstić information content (AvgIpc) is 3.01. The number of likely N-dealkylation sites (tertiary alicyclic amines) is 1. The molecule has 164 valence electrons. The summed E-state index contributed by atoms with van der Waals surface area (Å²) in [6, 6.07) is 7.11. The van der Waals surface area contributed by atoms with Crippen LogP contribution >= 0.6 is 0 Å². The molecule has 0 bridgehead atoms. The van der Waals surface area contributed by atoms with E-state index in [9.17, 15) is 9.59 Å². The van der Waals surface area contributed by atoms with Crippen LogP contribution in [0.2, 0.25) is 0 Å². The number of cyclic esters (lactones) is 1. The van der Waals surface area contributed by atoms with Gasteiger partial charge in [-0.2, -0.15) is 0 Å². The highest BCUT2D eigenvalue weighted by atomic mass is 16.6. The van der Waals surface area contributed by atoms with E-state index >= 15 is 0 Å². The van der Waals surface area contributed by atoms with Crippen LogP contribution in [0, 0.1) is 11.3 Å². The molecule has 0 spiro atoms. The molecule has 2 fully saturated rings. The van der Waals surface area contributed by atoms with Crippen molar-refractivity contribution in [3.05, 3.63) is 24.3 Å². The predicted octanol–water partition coefficient (Wildman–Crippen LogP) is 2.37. The number of hydrogen-bond donors (Lipinski definition) is 3.